The zero-order chi connectivity index (χ0) is 26.4. The largest absolute Gasteiger partial charge is 0.490 e. The average Bonchev–Trinajstić information content (AvgIpc) is 3.26. The molecule has 2 aromatic rings. The van der Waals surface area contributed by atoms with E-state index >= 15 is 0 Å². The van der Waals surface area contributed by atoms with E-state index < -0.39 is 12.1 Å². The first-order chi connectivity index (χ1) is 18.0. The van der Waals surface area contributed by atoms with E-state index in [-0.39, 0.29) is 41.9 Å². The summed E-state index contributed by atoms with van der Waals surface area (Å²) in [4.78, 5) is 49.3. The van der Waals surface area contributed by atoms with E-state index in [9.17, 15) is 19.6 Å². The predicted molar refractivity (Wildman–Crippen MR) is 131 cm³/mol. The number of pyridine rings is 2. The van der Waals surface area contributed by atoms with Crippen molar-refractivity contribution in [2.24, 2.45) is 0 Å². The topological polar surface area (TPSA) is 147 Å². The second-order valence-corrected chi connectivity index (χ2v) is 8.61. The Balaban J connectivity index is 1.53. The average molecular weight is 509 g/mol. The molecule has 0 saturated carbocycles. The summed E-state index contributed by atoms with van der Waals surface area (Å²) in [6, 6.07) is 4.85. The van der Waals surface area contributed by atoms with Crippen LogP contribution in [-0.4, -0.2) is 79.7 Å². The monoisotopic (exact) mass is 508 g/mol. The van der Waals surface area contributed by atoms with Crippen molar-refractivity contribution in [3.63, 3.8) is 0 Å². The number of nitriles is 1. The number of carbonyl (C=O) groups excluding carboxylic acids is 3. The molecule has 3 amide bonds. The number of rotatable bonds is 9. The van der Waals surface area contributed by atoms with Gasteiger partial charge in [0, 0.05) is 51.9 Å². The van der Waals surface area contributed by atoms with Crippen molar-refractivity contribution in [2.75, 3.05) is 50.7 Å². The van der Waals surface area contributed by atoms with Crippen LogP contribution in [0.2, 0.25) is 0 Å². The Morgan fingerprint density at radius 2 is 2.14 bits per heavy atom. The molecule has 0 bridgehead atoms. The van der Waals surface area contributed by atoms with E-state index in [2.05, 4.69) is 15.3 Å². The minimum Gasteiger partial charge on any atom is -0.490 e. The second-order valence-electron chi connectivity index (χ2n) is 8.61. The smallest absolute Gasteiger partial charge is 0.328 e. The molecular weight excluding hydrogens is 480 g/mol. The number of hydrogen-bond donors (Lipinski definition) is 1. The zero-order valence-electron chi connectivity index (χ0n) is 20.7. The number of methoxy groups -OCH3 is 2. The van der Waals surface area contributed by atoms with E-state index in [1.807, 2.05) is 12.1 Å². The highest BCUT2D eigenvalue weighted by Gasteiger charge is 2.33. The summed E-state index contributed by atoms with van der Waals surface area (Å²) in [5, 5.41) is 12.0. The fraction of sp³-hybridized carbons (Fsp3) is 0.440. The Bertz CT molecular complexity index is 1230. The molecule has 194 valence electrons. The number of anilines is 2. The van der Waals surface area contributed by atoms with Gasteiger partial charge >= 0.3 is 6.03 Å². The highest BCUT2D eigenvalue weighted by Crippen LogP contribution is 2.29. The molecule has 4 heterocycles. The second kappa shape index (κ2) is 11.8. The van der Waals surface area contributed by atoms with Crippen LogP contribution >= 0.6 is 0 Å². The highest BCUT2D eigenvalue weighted by atomic mass is 16.5. The minimum atomic E-state index is -0.476. The number of nitrogens with zero attached hydrogens (tertiary/aromatic N) is 5. The van der Waals surface area contributed by atoms with Gasteiger partial charge in [0.25, 0.3) is 5.91 Å². The lowest BCUT2D eigenvalue weighted by molar-refractivity contribution is -0.136. The van der Waals surface area contributed by atoms with Crippen LogP contribution in [0.1, 0.15) is 40.0 Å². The van der Waals surface area contributed by atoms with Crippen LogP contribution in [0.15, 0.2) is 18.3 Å². The summed E-state index contributed by atoms with van der Waals surface area (Å²) in [5.74, 6) is 0.763. The van der Waals surface area contributed by atoms with Crippen LogP contribution in [0, 0.1) is 11.3 Å². The highest BCUT2D eigenvalue weighted by molar-refractivity contribution is 6.01. The van der Waals surface area contributed by atoms with Crippen LogP contribution in [-0.2, 0) is 27.2 Å². The van der Waals surface area contributed by atoms with Gasteiger partial charge in [-0.15, -0.1) is 0 Å². The van der Waals surface area contributed by atoms with E-state index in [4.69, 9.17) is 14.2 Å². The molecule has 2 aliphatic rings. The molecule has 12 heteroatoms. The Morgan fingerprint density at radius 1 is 1.30 bits per heavy atom. The van der Waals surface area contributed by atoms with E-state index in [1.54, 1.807) is 12.0 Å². The van der Waals surface area contributed by atoms with Gasteiger partial charge < -0.3 is 19.1 Å². The number of ether oxygens (including phenoxy) is 3. The zero-order valence-corrected chi connectivity index (χ0v) is 20.7. The maximum atomic E-state index is 13.2. The van der Waals surface area contributed by atoms with E-state index in [0.29, 0.717) is 56.6 Å². The summed E-state index contributed by atoms with van der Waals surface area (Å²) in [5.41, 5.74) is 1.86. The molecule has 1 saturated heterocycles. The lowest BCUT2D eigenvalue weighted by Gasteiger charge is -2.29. The SMILES string of the molecule is COCCOc1cc(NC(=O)N2CCCc3cc(CN4CC[C@@H](OC)C4=O)c(C=O)nc32)ncc1C#N. The first-order valence-corrected chi connectivity index (χ1v) is 11.9. The maximum Gasteiger partial charge on any atom is 0.328 e. The van der Waals surface area contributed by atoms with Crippen LogP contribution in [0.5, 0.6) is 5.75 Å². The van der Waals surface area contributed by atoms with Crippen molar-refractivity contribution in [1.82, 2.24) is 14.9 Å². The first kappa shape index (κ1) is 26.0. The quantitative estimate of drug-likeness (QED) is 0.396. The molecule has 12 nitrogen and oxygen atoms in total. The molecule has 2 aliphatic heterocycles. The number of fused-ring (bicyclic) bond motifs is 1. The fourth-order valence-corrected chi connectivity index (χ4v) is 4.40. The maximum absolute atomic E-state index is 13.2. The van der Waals surface area contributed by atoms with Gasteiger partial charge in [0.05, 0.1) is 12.8 Å². The molecule has 1 fully saturated rings. The predicted octanol–water partition coefficient (Wildman–Crippen LogP) is 1.92. The van der Waals surface area contributed by atoms with Crippen molar-refractivity contribution in [1.29, 1.82) is 5.26 Å². The molecular formula is C25H28N6O6. The van der Waals surface area contributed by atoms with Gasteiger partial charge in [-0.1, -0.05) is 0 Å². The number of aromatic nitrogens is 2. The first-order valence-electron chi connectivity index (χ1n) is 11.9. The van der Waals surface area contributed by atoms with E-state index in [1.165, 1.54) is 24.3 Å². The van der Waals surface area contributed by atoms with Crippen LogP contribution in [0.4, 0.5) is 16.4 Å². The molecule has 4 rings (SSSR count). The van der Waals surface area contributed by atoms with Crippen molar-refractivity contribution in [3.05, 3.63) is 40.7 Å². The lowest BCUT2D eigenvalue weighted by Crippen LogP contribution is -2.40. The Morgan fingerprint density at radius 3 is 2.84 bits per heavy atom. The standard InChI is InChI=1S/C25H28N6O6/c1-35-8-9-37-21-11-22(27-13-18(21)12-26)29-25(34)31-6-3-4-16-10-17(19(15-32)28-23(16)31)14-30-7-5-20(36-2)24(30)33/h10-11,13,15,20H,3-9,14H2,1-2H3,(H,27,29,34)/t20-/m1/s1. The van der Waals surface area contributed by atoms with Crippen molar-refractivity contribution in [3.8, 4) is 11.8 Å². The molecule has 1 atom stereocenters. The number of urea groups is 1. The van der Waals surface area contributed by atoms with Gasteiger partial charge in [-0.05, 0) is 24.5 Å². The number of hydrogen-bond acceptors (Lipinski definition) is 9. The number of nitrogens with one attached hydrogen (secondary N) is 1. The summed E-state index contributed by atoms with van der Waals surface area (Å²) in [6.07, 6.45) is 3.47. The molecule has 0 radical (unpaired) electrons. The third kappa shape index (κ3) is 5.68. The Kier molecular flexibility index (Phi) is 8.27. The third-order valence-corrected chi connectivity index (χ3v) is 6.29. The summed E-state index contributed by atoms with van der Waals surface area (Å²) >= 11 is 0. The van der Waals surface area contributed by atoms with Crippen molar-refractivity contribution in [2.45, 2.75) is 31.9 Å². The molecule has 1 N–H and O–H groups in total. The Hall–Kier alpha value is -4.08. The summed E-state index contributed by atoms with van der Waals surface area (Å²) < 4.78 is 15.8. The minimum absolute atomic E-state index is 0.112. The van der Waals surface area contributed by atoms with Gasteiger partial charge in [-0.25, -0.2) is 14.8 Å². The summed E-state index contributed by atoms with van der Waals surface area (Å²) in [7, 11) is 3.05. The number of aldehydes is 1. The van der Waals surface area contributed by atoms with Crippen LogP contribution in [0.3, 0.4) is 0 Å². The number of likely N-dealkylation sites (tertiary alicyclic amines) is 1. The summed E-state index contributed by atoms with van der Waals surface area (Å²) in [6.45, 7) is 1.76. The molecule has 0 unspecified atom stereocenters. The van der Waals surface area contributed by atoms with Gasteiger partial charge in [0.1, 0.15) is 47.4 Å². The normalized spacial score (nSPS) is 16.8. The van der Waals surface area contributed by atoms with Gasteiger partial charge in [0.2, 0.25) is 0 Å². The molecule has 0 aliphatic carbocycles. The lowest BCUT2D eigenvalue weighted by atomic mass is 10.0. The van der Waals surface area contributed by atoms with E-state index in [0.717, 1.165) is 5.56 Å². The number of aryl methyl sites for hydroxylation is 1. The third-order valence-electron chi connectivity index (χ3n) is 6.29. The fourth-order valence-electron chi connectivity index (χ4n) is 4.40. The van der Waals surface area contributed by atoms with Crippen LogP contribution in [0.25, 0.3) is 0 Å². The molecule has 2 aromatic heterocycles. The van der Waals surface area contributed by atoms with Crippen molar-refractivity contribution < 1.29 is 28.6 Å². The molecule has 0 aromatic carbocycles. The van der Waals surface area contributed by atoms with Gasteiger partial charge in [-0.3, -0.25) is 19.8 Å². The van der Waals surface area contributed by atoms with Crippen molar-refractivity contribution >= 4 is 29.9 Å². The molecule has 0 spiro atoms. The van der Waals surface area contributed by atoms with Gasteiger partial charge in [0.15, 0.2) is 6.29 Å². The molecule has 37 heavy (non-hydrogen) atoms. The Labute approximate surface area is 214 Å². The van der Waals surface area contributed by atoms with Gasteiger partial charge in [-0.2, -0.15) is 5.26 Å². The number of carbonyl (C=O) groups is 3. The number of amides is 3. The van der Waals surface area contributed by atoms with Crippen LogP contribution < -0.4 is 15.0 Å².